The molecule has 0 spiro atoms. The predicted molar refractivity (Wildman–Crippen MR) is 77.3 cm³/mol. The Kier molecular flexibility index (Phi) is 3.94. The molecular formula is C14H20N4O. The first-order valence-electron chi connectivity index (χ1n) is 6.35. The number of nitrogens with one attached hydrogen (secondary N) is 1. The molecular weight excluding hydrogens is 240 g/mol. The maximum absolute atomic E-state index is 5.86. The number of nitrogens with zero attached hydrogens (tertiary/aromatic N) is 2. The number of nitrogens with two attached hydrogens (primary N) is 1. The maximum atomic E-state index is 5.86. The van der Waals surface area contributed by atoms with Crippen LogP contribution in [0.1, 0.15) is 18.2 Å². The molecule has 19 heavy (non-hydrogen) atoms. The van der Waals surface area contributed by atoms with E-state index in [0.29, 0.717) is 18.8 Å². The van der Waals surface area contributed by atoms with E-state index in [9.17, 15) is 0 Å². The van der Waals surface area contributed by atoms with E-state index < -0.39 is 0 Å². The van der Waals surface area contributed by atoms with Crippen LogP contribution in [0.5, 0.6) is 5.75 Å². The molecule has 0 saturated carbocycles. The maximum Gasteiger partial charge on any atom is 0.123 e. The van der Waals surface area contributed by atoms with E-state index in [4.69, 9.17) is 10.5 Å². The van der Waals surface area contributed by atoms with Crippen LogP contribution in [0.15, 0.2) is 24.4 Å². The van der Waals surface area contributed by atoms with Gasteiger partial charge < -0.3 is 15.8 Å². The summed E-state index contributed by atoms with van der Waals surface area (Å²) in [6, 6.07) is 5.67. The van der Waals surface area contributed by atoms with Gasteiger partial charge in [0.25, 0.3) is 0 Å². The summed E-state index contributed by atoms with van der Waals surface area (Å²) in [5, 5.41) is 7.66. The fourth-order valence-electron chi connectivity index (χ4n) is 1.99. The lowest BCUT2D eigenvalue weighted by atomic mass is 10.2. The number of benzene rings is 1. The molecule has 0 radical (unpaired) electrons. The zero-order valence-corrected chi connectivity index (χ0v) is 11.6. The number of aryl methyl sites for hydroxylation is 2. The highest BCUT2D eigenvalue weighted by Crippen LogP contribution is 2.23. The van der Waals surface area contributed by atoms with E-state index in [1.807, 2.05) is 50.0 Å². The second-order valence-electron chi connectivity index (χ2n) is 4.49. The summed E-state index contributed by atoms with van der Waals surface area (Å²) in [5.41, 5.74) is 9.70. The average Bonchev–Trinajstić information content (AvgIpc) is 2.65. The fraction of sp³-hybridized carbons (Fsp3) is 0.357. The molecule has 1 aromatic carbocycles. The molecule has 1 aromatic heterocycles. The minimum absolute atomic E-state index is 0.630. The van der Waals surface area contributed by atoms with Crippen LogP contribution in [-0.2, 0) is 13.6 Å². The van der Waals surface area contributed by atoms with Gasteiger partial charge in [-0.2, -0.15) is 5.10 Å². The molecule has 0 amide bonds. The van der Waals surface area contributed by atoms with Crippen molar-refractivity contribution >= 4 is 11.4 Å². The molecule has 0 aliphatic carbocycles. The van der Waals surface area contributed by atoms with E-state index in [-0.39, 0.29) is 0 Å². The molecule has 0 aliphatic rings. The third-order valence-electron chi connectivity index (χ3n) is 2.84. The molecule has 102 valence electrons. The summed E-state index contributed by atoms with van der Waals surface area (Å²) < 4.78 is 7.29. The Balaban J connectivity index is 2.08. The van der Waals surface area contributed by atoms with Crippen LogP contribution in [0.3, 0.4) is 0 Å². The minimum atomic E-state index is 0.630. The van der Waals surface area contributed by atoms with Crippen LogP contribution >= 0.6 is 0 Å². The Bertz CT molecular complexity index is 563. The van der Waals surface area contributed by atoms with Gasteiger partial charge in [0.15, 0.2) is 0 Å². The Morgan fingerprint density at radius 1 is 1.37 bits per heavy atom. The second-order valence-corrected chi connectivity index (χ2v) is 4.49. The number of nitrogen functional groups attached to an aromatic ring is 1. The van der Waals surface area contributed by atoms with Crippen molar-refractivity contribution in [1.29, 1.82) is 0 Å². The first-order valence-corrected chi connectivity index (χ1v) is 6.35. The van der Waals surface area contributed by atoms with E-state index in [2.05, 4.69) is 10.4 Å². The van der Waals surface area contributed by atoms with E-state index >= 15 is 0 Å². The molecule has 0 saturated heterocycles. The molecule has 5 heteroatoms. The number of ether oxygens (including phenoxy) is 1. The highest BCUT2D eigenvalue weighted by molar-refractivity contribution is 5.59. The summed E-state index contributed by atoms with van der Waals surface area (Å²) >= 11 is 0. The van der Waals surface area contributed by atoms with E-state index in [0.717, 1.165) is 17.1 Å². The third-order valence-corrected chi connectivity index (χ3v) is 2.84. The molecule has 3 N–H and O–H groups in total. The fourth-order valence-corrected chi connectivity index (χ4v) is 1.99. The standard InChI is InChI=1S/C14H20N4O/c1-4-19-14-6-12(15)5-13(7-14)16-8-11-9-18(3)17-10(11)2/h5-7,9,16H,4,8,15H2,1-3H3. The van der Waals surface area contributed by atoms with Gasteiger partial charge >= 0.3 is 0 Å². The number of rotatable bonds is 5. The Labute approximate surface area is 113 Å². The molecule has 0 aliphatic heterocycles. The van der Waals surface area contributed by atoms with Gasteiger partial charge in [-0.25, -0.2) is 0 Å². The molecule has 2 rings (SSSR count). The van der Waals surface area contributed by atoms with Crippen LogP contribution < -0.4 is 15.8 Å². The lowest BCUT2D eigenvalue weighted by Gasteiger charge is -2.10. The molecule has 0 unspecified atom stereocenters. The van der Waals surface area contributed by atoms with Crippen molar-refractivity contribution in [3.63, 3.8) is 0 Å². The van der Waals surface area contributed by atoms with Crippen molar-refractivity contribution in [2.24, 2.45) is 7.05 Å². The minimum Gasteiger partial charge on any atom is -0.494 e. The first-order chi connectivity index (χ1) is 9.08. The van der Waals surface area contributed by atoms with Crippen molar-refractivity contribution in [2.75, 3.05) is 17.7 Å². The highest BCUT2D eigenvalue weighted by atomic mass is 16.5. The lowest BCUT2D eigenvalue weighted by molar-refractivity contribution is 0.340. The van der Waals surface area contributed by atoms with Crippen LogP contribution in [0, 0.1) is 6.92 Å². The number of hydrogen-bond donors (Lipinski definition) is 2. The summed E-state index contributed by atoms with van der Waals surface area (Å²) in [7, 11) is 1.92. The third kappa shape index (κ3) is 3.40. The average molecular weight is 260 g/mol. The quantitative estimate of drug-likeness (QED) is 0.810. The normalized spacial score (nSPS) is 10.5. The SMILES string of the molecule is CCOc1cc(N)cc(NCc2cn(C)nc2C)c1. The van der Waals surface area contributed by atoms with Crippen molar-refractivity contribution < 1.29 is 4.74 Å². The number of anilines is 2. The molecule has 1 heterocycles. The first kappa shape index (κ1) is 13.3. The highest BCUT2D eigenvalue weighted by Gasteiger charge is 2.04. The zero-order valence-electron chi connectivity index (χ0n) is 11.6. The Hall–Kier alpha value is -2.17. The molecule has 0 atom stereocenters. The Morgan fingerprint density at radius 3 is 2.79 bits per heavy atom. The summed E-state index contributed by atoms with van der Waals surface area (Å²) in [4.78, 5) is 0. The van der Waals surface area contributed by atoms with Crippen molar-refractivity contribution in [3.8, 4) is 5.75 Å². The molecule has 0 fully saturated rings. The van der Waals surface area contributed by atoms with Crippen molar-refractivity contribution in [1.82, 2.24) is 9.78 Å². The number of aromatic nitrogens is 2. The molecule has 2 aromatic rings. The molecule has 0 bridgehead atoms. The second kappa shape index (κ2) is 5.65. The van der Waals surface area contributed by atoms with Gasteiger partial charge in [0.05, 0.1) is 12.3 Å². The number of hydrogen-bond acceptors (Lipinski definition) is 4. The lowest BCUT2D eigenvalue weighted by Crippen LogP contribution is -2.02. The van der Waals surface area contributed by atoms with Crippen molar-refractivity contribution in [2.45, 2.75) is 20.4 Å². The van der Waals surface area contributed by atoms with E-state index in [1.165, 1.54) is 5.56 Å². The van der Waals surface area contributed by atoms with Gasteiger partial charge in [-0.3, -0.25) is 4.68 Å². The van der Waals surface area contributed by atoms with Crippen LogP contribution in [-0.4, -0.2) is 16.4 Å². The summed E-state index contributed by atoms with van der Waals surface area (Å²) in [6.07, 6.45) is 2.01. The predicted octanol–water partition coefficient (Wildman–Crippen LogP) is 2.32. The summed E-state index contributed by atoms with van der Waals surface area (Å²) in [6.45, 7) is 5.30. The van der Waals surface area contributed by atoms with Crippen LogP contribution in [0.2, 0.25) is 0 Å². The van der Waals surface area contributed by atoms with Crippen molar-refractivity contribution in [3.05, 3.63) is 35.7 Å². The topological polar surface area (TPSA) is 65.1 Å². The Morgan fingerprint density at radius 2 is 2.16 bits per heavy atom. The van der Waals surface area contributed by atoms with Gasteiger partial charge in [0.1, 0.15) is 5.75 Å². The van der Waals surface area contributed by atoms with Gasteiger partial charge in [0, 0.05) is 48.9 Å². The zero-order chi connectivity index (χ0) is 13.8. The summed E-state index contributed by atoms with van der Waals surface area (Å²) in [5.74, 6) is 0.785. The monoisotopic (exact) mass is 260 g/mol. The van der Waals surface area contributed by atoms with Gasteiger partial charge in [0.2, 0.25) is 0 Å². The van der Waals surface area contributed by atoms with Crippen LogP contribution in [0.25, 0.3) is 0 Å². The van der Waals surface area contributed by atoms with Gasteiger partial charge in [-0.05, 0) is 19.9 Å². The largest absolute Gasteiger partial charge is 0.494 e. The van der Waals surface area contributed by atoms with Gasteiger partial charge in [-0.15, -0.1) is 0 Å². The molecule has 5 nitrogen and oxygen atoms in total. The van der Waals surface area contributed by atoms with Crippen LogP contribution in [0.4, 0.5) is 11.4 Å². The smallest absolute Gasteiger partial charge is 0.123 e. The van der Waals surface area contributed by atoms with E-state index in [1.54, 1.807) is 0 Å². The van der Waals surface area contributed by atoms with Gasteiger partial charge in [-0.1, -0.05) is 0 Å².